The first-order valence-corrected chi connectivity index (χ1v) is 10.8. The van der Waals surface area contributed by atoms with Gasteiger partial charge in [-0.1, -0.05) is 0 Å². The van der Waals surface area contributed by atoms with Crippen LogP contribution in [-0.4, -0.2) is 35.0 Å². The summed E-state index contributed by atoms with van der Waals surface area (Å²) in [6, 6.07) is 4.35. The number of pyridine rings is 2. The van der Waals surface area contributed by atoms with Crippen LogP contribution in [0.1, 0.15) is 39.3 Å². The first-order chi connectivity index (χ1) is 15.4. The zero-order chi connectivity index (χ0) is 24.0. The van der Waals surface area contributed by atoms with Crippen LogP contribution in [0.4, 0.5) is 32.2 Å². The van der Waals surface area contributed by atoms with Crippen molar-refractivity contribution in [1.29, 1.82) is 0 Å². The maximum atomic E-state index is 12.9. The third kappa shape index (κ3) is 4.90. The molecular weight excluding hydrogens is 470 g/mol. The van der Waals surface area contributed by atoms with Crippen molar-refractivity contribution in [3.8, 4) is 0 Å². The minimum atomic E-state index is -4.57. The molecule has 1 amide bonds. The number of fused-ring (bicyclic) bond motifs is 1. The van der Waals surface area contributed by atoms with Crippen LogP contribution in [0.25, 0.3) is 10.2 Å². The molecule has 1 N–H and O–H groups in total. The summed E-state index contributed by atoms with van der Waals surface area (Å²) in [6.07, 6.45) is -7.11. The summed E-state index contributed by atoms with van der Waals surface area (Å²) < 4.78 is 76.9. The summed E-state index contributed by atoms with van der Waals surface area (Å²) in [6.45, 7) is 2.65. The lowest BCUT2D eigenvalue weighted by Gasteiger charge is -2.33. The number of thiophene rings is 1. The Morgan fingerprint density at radius 2 is 1.76 bits per heavy atom. The van der Waals surface area contributed by atoms with Crippen LogP contribution >= 0.6 is 11.3 Å². The molecule has 176 valence electrons. The Bertz CT molecular complexity index is 1160. The van der Waals surface area contributed by atoms with Gasteiger partial charge in [-0.2, -0.15) is 26.3 Å². The fourth-order valence-electron chi connectivity index (χ4n) is 3.72. The van der Waals surface area contributed by atoms with Crippen molar-refractivity contribution in [2.75, 3.05) is 18.0 Å². The van der Waals surface area contributed by atoms with Crippen molar-refractivity contribution >= 4 is 33.3 Å². The maximum Gasteiger partial charge on any atom is 0.433 e. The third-order valence-electron chi connectivity index (χ3n) is 5.53. The minimum Gasteiger partial charge on any atom is -0.356 e. The highest BCUT2D eigenvalue weighted by molar-refractivity contribution is 7.20. The molecule has 1 saturated heterocycles. The Balaban J connectivity index is 1.40. The van der Waals surface area contributed by atoms with Crippen molar-refractivity contribution in [2.24, 2.45) is 0 Å². The van der Waals surface area contributed by atoms with Gasteiger partial charge in [0.2, 0.25) is 0 Å². The van der Waals surface area contributed by atoms with Gasteiger partial charge in [0.15, 0.2) is 0 Å². The van der Waals surface area contributed by atoms with Crippen LogP contribution in [0.3, 0.4) is 0 Å². The van der Waals surface area contributed by atoms with E-state index in [2.05, 4.69) is 15.3 Å². The van der Waals surface area contributed by atoms with Crippen molar-refractivity contribution in [2.45, 2.75) is 38.2 Å². The molecule has 1 aliphatic heterocycles. The van der Waals surface area contributed by atoms with E-state index >= 15 is 0 Å². The average Bonchev–Trinajstić information content (AvgIpc) is 3.09. The van der Waals surface area contributed by atoms with Gasteiger partial charge in [0, 0.05) is 30.7 Å². The molecule has 0 unspecified atom stereocenters. The van der Waals surface area contributed by atoms with Gasteiger partial charge >= 0.3 is 12.4 Å². The Kier molecular flexibility index (Phi) is 5.97. The molecule has 1 aliphatic rings. The Morgan fingerprint density at radius 3 is 2.33 bits per heavy atom. The van der Waals surface area contributed by atoms with Crippen LogP contribution in [0.2, 0.25) is 0 Å². The van der Waals surface area contributed by atoms with Crippen LogP contribution in [-0.2, 0) is 12.4 Å². The molecule has 1 fully saturated rings. The molecule has 3 aromatic heterocycles. The number of nitrogens with zero attached hydrogens (tertiary/aromatic N) is 3. The highest BCUT2D eigenvalue weighted by Gasteiger charge is 2.33. The third-order valence-corrected chi connectivity index (χ3v) is 6.73. The molecule has 0 spiro atoms. The standard InChI is InChI=1S/C21H18F6N4OS/c1-11-14-3-4-15(21(25,26)27)30-19(14)33-17(11)18(32)29-13-6-8-31(9-7-13)16-5-2-12(10-28-16)20(22,23)24/h2-5,10,13H,6-9H2,1H3,(H,29,32). The fraction of sp³-hybridized carbons (Fsp3) is 0.381. The average molecular weight is 488 g/mol. The van der Waals surface area contributed by atoms with E-state index in [4.69, 9.17) is 0 Å². The van der Waals surface area contributed by atoms with E-state index in [1.54, 1.807) is 6.92 Å². The van der Waals surface area contributed by atoms with E-state index in [1.165, 1.54) is 12.1 Å². The minimum absolute atomic E-state index is 0.149. The predicted molar refractivity (Wildman–Crippen MR) is 111 cm³/mol. The molecule has 0 saturated carbocycles. The molecule has 12 heteroatoms. The SMILES string of the molecule is Cc1c(C(=O)NC2CCN(c3ccc(C(F)(F)F)cn3)CC2)sc2nc(C(F)(F)F)ccc12. The zero-order valence-electron chi connectivity index (χ0n) is 17.2. The lowest BCUT2D eigenvalue weighted by Crippen LogP contribution is -2.44. The molecule has 0 atom stereocenters. The van der Waals surface area contributed by atoms with Crippen molar-refractivity contribution in [1.82, 2.24) is 15.3 Å². The summed E-state index contributed by atoms with van der Waals surface area (Å²) in [5.74, 6) is 0.0508. The molecule has 3 aromatic rings. The Labute approximate surface area is 188 Å². The number of nitrogens with one attached hydrogen (secondary N) is 1. The van der Waals surface area contributed by atoms with E-state index in [9.17, 15) is 31.1 Å². The maximum absolute atomic E-state index is 12.9. The Morgan fingerprint density at radius 1 is 1.06 bits per heavy atom. The number of halogens is 6. The van der Waals surface area contributed by atoms with Gasteiger partial charge in [-0.3, -0.25) is 4.79 Å². The quantitative estimate of drug-likeness (QED) is 0.499. The normalized spacial score (nSPS) is 15.8. The number of amides is 1. The number of rotatable bonds is 3. The Hall–Kier alpha value is -2.89. The molecule has 0 aliphatic carbocycles. The highest BCUT2D eigenvalue weighted by atomic mass is 32.1. The smallest absolute Gasteiger partial charge is 0.356 e. The number of hydrogen-bond acceptors (Lipinski definition) is 5. The number of piperidine rings is 1. The summed E-state index contributed by atoms with van der Waals surface area (Å²) in [4.78, 5) is 22.6. The first-order valence-electron chi connectivity index (χ1n) is 10.00. The van der Waals surface area contributed by atoms with Gasteiger partial charge in [-0.15, -0.1) is 11.3 Å². The predicted octanol–water partition coefficient (Wildman–Crippen LogP) is 5.44. The molecule has 5 nitrogen and oxygen atoms in total. The number of carbonyl (C=O) groups is 1. The van der Waals surface area contributed by atoms with Crippen molar-refractivity contribution in [3.63, 3.8) is 0 Å². The van der Waals surface area contributed by atoms with Gasteiger partial charge < -0.3 is 10.2 Å². The summed E-state index contributed by atoms with van der Waals surface area (Å²) in [5, 5.41) is 3.41. The number of alkyl halides is 6. The molecular formula is C21H18F6N4OS. The van der Waals surface area contributed by atoms with E-state index in [-0.39, 0.29) is 16.8 Å². The lowest BCUT2D eigenvalue weighted by atomic mass is 10.0. The lowest BCUT2D eigenvalue weighted by molar-refractivity contribution is -0.141. The molecule has 0 radical (unpaired) electrons. The highest BCUT2D eigenvalue weighted by Crippen LogP contribution is 2.34. The number of carbonyl (C=O) groups excluding carboxylic acids is 1. The number of aromatic nitrogens is 2. The van der Waals surface area contributed by atoms with E-state index in [0.29, 0.717) is 47.6 Å². The van der Waals surface area contributed by atoms with Crippen LogP contribution in [0, 0.1) is 6.92 Å². The topological polar surface area (TPSA) is 58.1 Å². The summed E-state index contributed by atoms with van der Waals surface area (Å²) >= 11 is 0.916. The van der Waals surface area contributed by atoms with Gasteiger partial charge in [0.1, 0.15) is 16.3 Å². The second-order valence-electron chi connectivity index (χ2n) is 7.74. The summed E-state index contributed by atoms with van der Waals surface area (Å²) in [5.41, 5.74) is -1.25. The second kappa shape index (κ2) is 8.47. The van der Waals surface area contributed by atoms with E-state index < -0.39 is 23.6 Å². The monoisotopic (exact) mass is 488 g/mol. The van der Waals surface area contributed by atoms with Crippen molar-refractivity contribution < 1.29 is 31.1 Å². The van der Waals surface area contributed by atoms with Gasteiger partial charge in [-0.05, 0) is 49.6 Å². The van der Waals surface area contributed by atoms with Gasteiger partial charge in [0.05, 0.1) is 10.4 Å². The molecule has 0 bridgehead atoms. The largest absolute Gasteiger partial charge is 0.433 e. The molecule has 4 heterocycles. The van der Waals surface area contributed by atoms with Crippen LogP contribution < -0.4 is 10.2 Å². The summed E-state index contributed by atoms with van der Waals surface area (Å²) in [7, 11) is 0. The number of hydrogen-bond donors (Lipinski definition) is 1. The van der Waals surface area contributed by atoms with Crippen molar-refractivity contribution in [3.05, 3.63) is 52.2 Å². The number of aryl methyl sites for hydroxylation is 1. The molecule has 4 rings (SSSR count). The van der Waals surface area contributed by atoms with E-state index in [1.807, 2.05) is 4.90 Å². The fourth-order valence-corrected chi connectivity index (χ4v) is 4.80. The van der Waals surface area contributed by atoms with E-state index in [0.717, 1.165) is 29.7 Å². The number of anilines is 1. The molecule has 33 heavy (non-hydrogen) atoms. The van der Waals surface area contributed by atoms with Crippen LogP contribution in [0.15, 0.2) is 30.5 Å². The first kappa shape index (κ1) is 23.3. The second-order valence-corrected chi connectivity index (χ2v) is 8.74. The van der Waals surface area contributed by atoms with Gasteiger partial charge in [0.25, 0.3) is 5.91 Å². The van der Waals surface area contributed by atoms with Gasteiger partial charge in [-0.25, -0.2) is 9.97 Å². The zero-order valence-corrected chi connectivity index (χ0v) is 18.0. The molecule has 0 aromatic carbocycles. The van der Waals surface area contributed by atoms with Crippen LogP contribution in [0.5, 0.6) is 0 Å².